The number of carbonyl (C=O) groups excluding carboxylic acids is 3. The Balaban J connectivity index is 1.29. The molecule has 2 amide bonds. The summed E-state index contributed by atoms with van der Waals surface area (Å²) in [6.45, 7) is 1.99. The molecule has 0 spiro atoms. The van der Waals surface area contributed by atoms with Crippen LogP contribution in [-0.4, -0.2) is 33.7 Å². The highest BCUT2D eigenvalue weighted by atomic mass is 16.5. The highest BCUT2D eigenvalue weighted by Gasteiger charge is 2.51. The number of benzene rings is 1. The first-order valence-corrected chi connectivity index (χ1v) is 10.7. The van der Waals surface area contributed by atoms with Gasteiger partial charge in [-0.1, -0.05) is 31.0 Å². The third-order valence-corrected chi connectivity index (χ3v) is 6.02. The van der Waals surface area contributed by atoms with Crippen LogP contribution < -0.4 is 4.74 Å². The van der Waals surface area contributed by atoms with Crippen LogP contribution >= 0.6 is 0 Å². The third-order valence-electron chi connectivity index (χ3n) is 6.02. The van der Waals surface area contributed by atoms with Crippen molar-refractivity contribution in [1.82, 2.24) is 9.88 Å². The average Bonchev–Trinajstić information content (AvgIpc) is 3.07. The summed E-state index contributed by atoms with van der Waals surface area (Å²) in [7, 11) is 0. The van der Waals surface area contributed by atoms with Crippen molar-refractivity contribution in [1.29, 1.82) is 0 Å². The first kappa shape index (κ1) is 21.0. The molecule has 2 aromatic rings. The van der Waals surface area contributed by atoms with Gasteiger partial charge in [0, 0.05) is 6.20 Å². The van der Waals surface area contributed by atoms with E-state index in [1.807, 2.05) is 30.3 Å². The molecule has 7 heteroatoms. The lowest BCUT2D eigenvalue weighted by atomic mass is 9.81. The highest BCUT2D eigenvalue weighted by Crippen LogP contribution is 2.38. The Morgan fingerprint density at radius 2 is 1.71 bits per heavy atom. The SMILES string of the molecule is C[C@@H](C(=O)OCc1ccc(OCc2ccccn2)cc1)N1C(=O)C2CCCCC2C1=O. The van der Waals surface area contributed by atoms with Crippen LogP contribution in [0.2, 0.25) is 0 Å². The van der Waals surface area contributed by atoms with Crippen molar-refractivity contribution in [2.45, 2.75) is 51.9 Å². The molecule has 1 aliphatic heterocycles. The number of amides is 2. The Kier molecular flexibility index (Phi) is 6.30. The van der Waals surface area contributed by atoms with E-state index >= 15 is 0 Å². The first-order valence-electron chi connectivity index (χ1n) is 10.7. The van der Waals surface area contributed by atoms with Crippen LogP contribution in [0.25, 0.3) is 0 Å². The Bertz CT molecular complexity index is 920. The van der Waals surface area contributed by atoms with Crippen LogP contribution in [0.1, 0.15) is 43.9 Å². The molecule has 1 aromatic heterocycles. The lowest BCUT2D eigenvalue weighted by Crippen LogP contribution is -2.44. The normalized spacial score (nSPS) is 21.5. The van der Waals surface area contributed by atoms with Gasteiger partial charge in [0.15, 0.2) is 0 Å². The predicted octanol–water partition coefficient (Wildman–Crippen LogP) is 3.27. The number of nitrogens with zero attached hydrogens (tertiary/aromatic N) is 2. The molecule has 1 saturated heterocycles. The minimum atomic E-state index is -0.911. The van der Waals surface area contributed by atoms with Gasteiger partial charge in [-0.05, 0) is 49.6 Å². The number of esters is 1. The van der Waals surface area contributed by atoms with E-state index in [9.17, 15) is 14.4 Å². The van der Waals surface area contributed by atoms with E-state index in [1.165, 1.54) is 0 Å². The molecule has 1 aliphatic carbocycles. The van der Waals surface area contributed by atoms with Gasteiger partial charge in [-0.25, -0.2) is 4.79 Å². The Morgan fingerprint density at radius 3 is 2.32 bits per heavy atom. The largest absolute Gasteiger partial charge is 0.487 e. The van der Waals surface area contributed by atoms with Gasteiger partial charge in [-0.15, -0.1) is 0 Å². The molecule has 1 saturated carbocycles. The topological polar surface area (TPSA) is 85.8 Å². The van der Waals surface area contributed by atoms with Crippen molar-refractivity contribution in [3.8, 4) is 5.75 Å². The standard InChI is InChI=1S/C24H26N2O5/c1-16(26-22(27)20-7-2-3-8-21(20)23(26)28)24(29)31-14-17-9-11-19(12-10-17)30-15-18-6-4-5-13-25-18/h4-6,9-13,16,20-21H,2-3,7-8,14-15H2,1H3/t16-,20?,21?/m0/s1. The molecule has 2 fully saturated rings. The summed E-state index contributed by atoms with van der Waals surface area (Å²) < 4.78 is 11.1. The smallest absolute Gasteiger partial charge is 0.329 e. The molecule has 1 aromatic carbocycles. The van der Waals surface area contributed by atoms with E-state index in [-0.39, 0.29) is 30.3 Å². The van der Waals surface area contributed by atoms with Gasteiger partial charge in [0.1, 0.15) is 25.0 Å². The molecule has 4 rings (SSSR count). The molecule has 2 heterocycles. The second kappa shape index (κ2) is 9.29. The van der Waals surface area contributed by atoms with Gasteiger partial charge < -0.3 is 9.47 Å². The zero-order valence-corrected chi connectivity index (χ0v) is 17.5. The molecule has 0 N–H and O–H groups in total. The van der Waals surface area contributed by atoms with Crippen LogP contribution in [0.4, 0.5) is 0 Å². The number of hydrogen-bond acceptors (Lipinski definition) is 6. The summed E-state index contributed by atoms with van der Waals surface area (Å²) in [5.74, 6) is -0.881. The molecule has 3 atom stereocenters. The van der Waals surface area contributed by atoms with Gasteiger partial charge >= 0.3 is 5.97 Å². The monoisotopic (exact) mass is 422 g/mol. The number of carbonyl (C=O) groups is 3. The van der Waals surface area contributed by atoms with Crippen molar-refractivity contribution in [3.63, 3.8) is 0 Å². The second-order valence-corrected chi connectivity index (χ2v) is 8.08. The maximum atomic E-state index is 12.7. The molecule has 0 radical (unpaired) electrons. The molecule has 0 bridgehead atoms. The van der Waals surface area contributed by atoms with Crippen LogP contribution in [0.15, 0.2) is 48.7 Å². The van der Waals surface area contributed by atoms with E-state index in [2.05, 4.69) is 4.98 Å². The molecule has 162 valence electrons. The maximum absolute atomic E-state index is 12.7. The average molecular weight is 422 g/mol. The number of pyridine rings is 1. The van der Waals surface area contributed by atoms with Crippen molar-refractivity contribution >= 4 is 17.8 Å². The van der Waals surface area contributed by atoms with E-state index < -0.39 is 12.0 Å². The molecule has 2 unspecified atom stereocenters. The minimum absolute atomic E-state index is 0.0623. The fourth-order valence-corrected chi connectivity index (χ4v) is 4.27. The minimum Gasteiger partial charge on any atom is -0.487 e. The molecule has 7 nitrogen and oxygen atoms in total. The van der Waals surface area contributed by atoms with E-state index in [1.54, 1.807) is 25.3 Å². The summed E-state index contributed by atoms with van der Waals surface area (Å²) in [6.07, 6.45) is 5.07. The van der Waals surface area contributed by atoms with Crippen molar-refractivity contribution in [3.05, 3.63) is 59.9 Å². The number of rotatable bonds is 7. The number of imide groups is 1. The van der Waals surface area contributed by atoms with Gasteiger partial charge in [-0.2, -0.15) is 0 Å². The fraction of sp³-hybridized carbons (Fsp3) is 0.417. The van der Waals surface area contributed by atoms with E-state index in [0.717, 1.165) is 41.8 Å². The summed E-state index contributed by atoms with van der Waals surface area (Å²) >= 11 is 0. The van der Waals surface area contributed by atoms with Crippen molar-refractivity contribution in [2.24, 2.45) is 11.8 Å². The van der Waals surface area contributed by atoms with E-state index in [4.69, 9.17) is 9.47 Å². The highest BCUT2D eigenvalue weighted by molar-refractivity contribution is 6.07. The number of likely N-dealkylation sites (tertiary alicyclic amines) is 1. The molecular formula is C24H26N2O5. The molecular weight excluding hydrogens is 396 g/mol. The Morgan fingerprint density at radius 1 is 1.03 bits per heavy atom. The first-order chi connectivity index (χ1) is 15.0. The lowest BCUT2D eigenvalue weighted by molar-refractivity contribution is -0.159. The lowest BCUT2D eigenvalue weighted by Gasteiger charge is -2.21. The molecule has 2 aliphatic rings. The van der Waals surface area contributed by atoms with Gasteiger partial charge in [0.05, 0.1) is 17.5 Å². The summed E-state index contributed by atoms with van der Waals surface area (Å²) in [5.41, 5.74) is 1.62. The number of hydrogen-bond donors (Lipinski definition) is 0. The molecule has 31 heavy (non-hydrogen) atoms. The summed E-state index contributed by atoms with van der Waals surface area (Å²) in [4.78, 5) is 43.2. The fourth-order valence-electron chi connectivity index (χ4n) is 4.27. The Labute approximate surface area is 181 Å². The zero-order valence-electron chi connectivity index (χ0n) is 17.5. The van der Waals surface area contributed by atoms with Gasteiger partial charge in [0.25, 0.3) is 0 Å². The number of aromatic nitrogens is 1. The van der Waals surface area contributed by atoms with Crippen LogP contribution in [-0.2, 0) is 32.3 Å². The summed E-state index contributed by atoms with van der Waals surface area (Å²) in [6, 6.07) is 12.0. The number of fused-ring (bicyclic) bond motifs is 1. The Hall–Kier alpha value is -3.22. The zero-order chi connectivity index (χ0) is 21.8. The third kappa shape index (κ3) is 4.60. The van der Waals surface area contributed by atoms with Crippen molar-refractivity contribution in [2.75, 3.05) is 0 Å². The predicted molar refractivity (Wildman–Crippen MR) is 112 cm³/mol. The second-order valence-electron chi connectivity index (χ2n) is 8.08. The quantitative estimate of drug-likeness (QED) is 0.503. The number of ether oxygens (including phenoxy) is 2. The summed E-state index contributed by atoms with van der Waals surface area (Å²) in [5, 5.41) is 0. The van der Waals surface area contributed by atoms with Crippen LogP contribution in [0.3, 0.4) is 0 Å². The van der Waals surface area contributed by atoms with Gasteiger partial charge in [0.2, 0.25) is 11.8 Å². The van der Waals surface area contributed by atoms with Crippen LogP contribution in [0, 0.1) is 11.8 Å². The maximum Gasteiger partial charge on any atom is 0.329 e. The van der Waals surface area contributed by atoms with Gasteiger partial charge in [-0.3, -0.25) is 19.5 Å². The van der Waals surface area contributed by atoms with Crippen LogP contribution in [0.5, 0.6) is 5.75 Å². The van der Waals surface area contributed by atoms with E-state index in [0.29, 0.717) is 12.4 Å². The van der Waals surface area contributed by atoms with Crippen molar-refractivity contribution < 1.29 is 23.9 Å².